The molecule has 2 heterocycles. The molecular formula is C22H23ClFN5O3. The highest BCUT2D eigenvalue weighted by molar-refractivity contribution is 5.88. The zero-order chi connectivity index (χ0) is 22.0. The van der Waals surface area contributed by atoms with Gasteiger partial charge in [0.15, 0.2) is 17.0 Å². The highest BCUT2D eigenvalue weighted by Crippen LogP contribution is 2.28. The molecule has 0 spiro atoms. The van der Waals surface area contributed by atoms with Gasteiger partial charge in [-0.1, -0.05) is 24.5 Å². The Balaban J connectivity index is 0.00000289. The van der Waals surface area contributed by atoms with Crippen LogP contribution in [0.2, 0.25) is 0 Å². The van der Waals surface area contributed by atoms with Crippen molar-refractivity contribution >= 4 is 35.4 Å². The number of rotatable bonds is 4. The Bertz CT molecular complexity index is 1210. The van der Waals surface area contributed by atoms with Crippen molar-refractivity contribution in [3.05, 3.63) is 35.9 Å². The molecule has 10 heteroatoms. The molecule has 32 heavy (non-hydrogen) atoms. The van der Waals surface area contributed by atoms with Gasteiger partial charge in [0.05, 0.1) is 0 Å². The Hall–Kier alpha value is -3.22. The molecule has 8 nitrogen and oxygen atoms in total. The maximum absolute atomic E-state index is 13.7. The molecule has 0 bridgehead atoms. The lowest BCUT2D eigenvalue weighted by Gasteiger charge is -2.26. The number of nitrogens with zero attached hydrogens (tertiary/aromatic N) is 4. The fourth-order valence-electron chi connectivity index (χ4n) is 3.72. The number of aliphatic carboxylic acids is 1. The van der Waals surface area contributed by atoms with E-state index in [0.717, 1.165) is 19.3 Å². The summed E-state index contributed by atoms with van der Waals surface area (Å²) in [4.78, 5) is 24.4. The van der Waals surface area contributed by atoms with E-state index in [9.17, 15) is 14.3 Å². The van der Waals surface area contributed by atoms with Crippen LogP contribution >= 0.6 is 12.4 Å². The van der Waals surface area contributed by atoms with E-state index >= 15 is 0 Å². The normalized spacial score (nSPS) is 14.8. The molecule has 0 aliphatic heterocycles. The summed E-state index contributed by atoms with van der Waals surface area (Å²) < 4.78 is 15.4. The first-order valence-corrected chi connectivity index (χ1v) is 10.1. The number of nitrogens with one attached hydrogen (secondary N) is 1. The monoisotopic (exact) mass is 459 g/mol. The van der Waals surface area contributed by atoms with Crippen LogP contribution in [0.1, 0.15) is 37.9 Å². The topological polar surface area (TPSA) is 113 Å². The van der Waals surface area contributed by atoms with Gasteiger partial charge in [-0.05, 0) is 43.7 Å². The Labute approximate surface area is 190 Å². The molecule has 0 radical (unpaired) electrons. The zero-order valence-corrected chi connectivity index (χ0v) is 18.2. The van der Waals surface area contributed by atoms with Crippen molar-refractivity contribution in [3.63, 3.8) is 0 Å². The van der Waals surface area contributed by atoms with E-state index in [1.165, 1.54) is 12.1 Å². The van der Waals surface area contributed by atoms with Crippen LogP contribution in [0.4, 0.5) is 10.2 Å². The second-order valence-corrected chi connectivity index (χ2v) is 7.66. The zero-order valence-electron chi connectivity index (χ0n) is 17.4. The second-order valence-electron chi connectivity index (χ2n) is 7.66. The predicted molar refractivity (Wildman–Crippen MR) is 120 cm³/mol. The number of hydrogen-bond donors (Lipinski definition) is 3. The molecule has 3 N–H and O–H groups in total. The number of halogens is 2. The summed E-state index contributed by atoms with van der Waals surface area (Å²) in [6.07, 6.45) is 4.10. The summed E-state index contributed by atoms with van der Waals surface area (Å²) in [5, 5.41) is 22.5. The quantitative estimate of drug-likeness (QED) is 0.513. The van der Waals surface area contributed by atoms with Gasteiger partial charge >= 0.3 is 5.97 Å². The van der Waals surface area contributed by atoms with Crippen molar-refractivity contribution in [3.8, 4) is 23.2 Å². The predicted octanol–water partition coefficient (Wildman–Crippen LogP) is 3.13. The fourth-order valence-corrected chi connectivity index (χ4v) is 3.72. The lowest BCUT2D eigenvalue weighted by Crippen LogP contribution is -2.29. The van der Waals surface area contributed by atoms with Gasteiger partial charge < -0.3 is 20.1 Å². The molecule has 4 rings (SSSR count). The van der Waals surface area contributed by atoms with E-state index in [1.54, 1.807) is 23.7 Å². The fraction of sp³-hybridized carbons (Fsp3) is 0.364. The van der Waals surface area contributed by atoms with E-state index in [0.29, 0.717) is 35.4 Å². The van der Waals surface area contributed by atoms with E-state index < -0.39 is 17.4 Å². The van der Waals surface area contributed by atoms with Crippen molar-refractivity contribution in [2.45, 2.75) is 37.7 Å². The first-order valence-electron chi connectivity index (χ1n) is 10.1. The summed E-state index contributed by atoms with van der Waals surface area (Å²) >= 11 is 0. The smallest absolute Gasteiger partial charge is 0.322 e. The molecule has 0 saturated heterocycles. The molecule has 168 valence electrons. The van der Waals surface area contributed by atoms with Crippen LogP contribution in [0, 0.1) is 17.7 Å². The Morgan fingerprint density at radius 3 is 2.69 bits per heavy atom. The molecule has 1 fully saturated rings. The number of aromatic nitrogens is 4. The van der Waals surface area contributed by atoms with E-state index in [-0.39, 0.29) is 30.6 Å². The average molecular weight is 460 g/mol. The Morgan fingerprint density at radius 1 is 1.25 bits per heavy atom. The van der Waals surface area contributed by atoms with Gasteiger partial charge in [-0.15, -0.1) is 12.4 Å². The highest BCUT2D eigenvalue weighted by atomic mass is 35.5. The Kier molecular flexibility index (Phi) is 6.96. The number of benzene rings is 1. The first-order chi connectivity index (χ1) is 14.8. The van der Waals surface area contributed by atoms with Gasteiger partial charge in [-0.25, -0.2) is 19.3 Å². The third-order valence-corrected chi connectivity index (χ3v) is 5.30. The van der Waals surface area contributed by atoms with Gasteiger partial charge in [0.2, 0.25) is 5.82 Å². The van der Waals surface area contributed by atoms with Gasteiger partial charge in [-0.3, -0.25) is 4.79 Å². The lowest BCUT2D eigenvalue weighted by atomic mass is 9.85. The van der Waals surface area contributed by atoms with Crippen molar-refractivity contribution in [1.82, 2.24) is 19.5 Å². The van der Waals surface area contributed by atoms with E-state index in [1.807, 2.05) is 0 Å². The number of aliphatic hydroxyl groups is 1. The standard InChI is InChI=1S/C22H22FN5O3.ClH/c1-28-20(14-6-5-7-15(23)12-14)27-18-19(24-13-17(29)30)25-16(26-21(18)28)8-11-22(31)9-3-2-4-10-22;/h5-7,12,31H,2-4,9-10,13H2,1H3,(H,29,30)(H,24,25,26);1H. The molecule has 0 unspecified atom stereocenters. The van der Waals surface area contributed by atoms with Crippen LogP contribution in [0.25, 0.3) is 22.6 Å². The van der Waals surface area contributed by atoms with E-state index in [4.69, 9.17) is 5.11 Å². The molecule has 1 saturated carbocycles. The molecular weight excluding hydrogens is 437 g/mol. The molecule has 1 aliphatic rings. The van der Waals surface area contributed by atoms with Crippen molar-refractivity contribution in [2.24, 2.45) is 7.05 Å². The van der Waals surface area contributed by atoms with Crippen LogP contribution in [-0.2, 0) is 11.8 Å². The summed E-state index contributed by atoms with van der Waals surface area (Å²) in [7, 11) is 1.73. The van der Waals surface area contributed by atoms with Crippen molar-refractivity contribution in [1.29, 1.82) is 0 Å². The maximum Gasteiger partial charge on any atom is 0.322 e. The van der Waals surface area contributed by atoms with E-state index in [2.05, 4.69) is 32.1 Å². The third kappa shape index (κ3) is 4.98. The second kappa shape index (κ2) is 9.51. The number of carbonyl (C=O) groups is 1. The van der Waals surface area contributed by atoms with Crippen LogP contribution in [0.15, 0.2) is 24.3 Å². The first kappa shape index (κ1) is 23.4. The minimum Gasteiger partial charge on any atom is -0.480 e. The van der Waals surface area contributed by atoms with Gasteiger partial charge in [-0.2, -0.15) is 0 Å². The molecule has 0 amide bonds. The average Bonchev–Trinajstić information content (AvgIpc) is 3.08. The summed E-state index contributed by atoms with van der Waals surface area (Å²) in [5.41, 5.74) is 0.255. The van der Waals surface area contributed by atoms with Crippen LogP contribution < -0.4 is 5.32 Å². The third-order valence-electron chi connectivity index (χ3n) is 5.30. The minimum atomic E-state index is -1.07. The number of aryl methyl sites for hydroxylation is 1. The minimum absolute atomic E-state index is 0. The SMILES string of the molecule is Cl.Cn1c(-c2cccc(F)c2)nc2c(NCC(=O)O)nc(C#CC3(O)CCCCC3)nc21. The molecule has 2 aromatic heterocycles. The number of anilines is 1. The van der Waals surface area contributed by atoms with Gasteiger partial charge in [0, 0.05) is 12.6 Å². The summed E-state index contributed by atoms with van der Waals surface area (Å²) in [6.45, 7) is -0.366. The van der Waals surface area contributed by atoms with Gasteiger partial charge in [0.25, 0.3) is 0 Å². The van der Waals surface area contributed by atoms with Crippen LogP contribution in [0.3, 0.4) is 0 Å². The van der Waals surface area contributed by atoms with Crippen LogP contribution in [0.5, 0.6) is 0 Å². The van der Waals surface area contributed by atoms with Crippen LogP contribution in [-0.4, -0.2) is 47.8 Å². The van der Waals surface area contributed by atoms with Gasteiger partial charge in [0.1, 0.15) is 23.8 Å². The lowest BCUT2D eigenvalue weighted by molar-refractivity contribution is -0.134. The maximum atomic E-state index is 13.7. The highest BCUT2D eigenvalue weighted by Gasteiger charge is 2.27. The molecule has 1 aliphatic carbocycles. The number of carboxylic acids is 1. The summed E-state index contributed by atoms with van der Waals surface area (Å²) in [5.74, 6) is 5.11. The molecule has 3 aromatic rings. The number of hydrogen-bond acceptors (Lipinski definition) is 6. The molecule has 0 atom stereocenters. The number of fused-ring (bicyclic) bond motifs is 1. The Morgan fingerprint density at radius 2 is 2.00 bits per heavy atom. The van der Waals surface area contributed by atoms with Crippen molar-refractivity contribution < 1.29 is 19.4 Å². The van der Waals surface area contributed by atoms with Crippen molar-refractivity contribution in [2.75, 3.05) is 11.9 Å². The number of carboxylic acid groups (broad SMARTS) is 1. The largest absolute Gasteiger partial charge is 0.480 e. The number of imidazole rings is 1. The molecule has 1 aromatic carbocycles. The summed E-state index contributed by atoms with van der Waals surface area (Å²) in [6, 6.07) is 6.01.